The molecule has 2 aromatic heterocycles. The molecule has 0 N–H and O–H groups in total. The van der Waals surface area contributed by atoms with Crippen LogP contribution in [0.25, 0.3) is 11.4 Å². The van der Waals surface area contributed by atoms with Crippen molar-refractivity contribution in [2.75, 3.05) is 6.54 Å². The number of hydrogen-bond acceptors (Lipinski definition) is 5. The number of amides is 1. The zero-order chi connectivity index (χ0) is 18.8. The highest BCUT2D eigenvalue weighted by molar-refractivity contribution is 5.76. The van der Waals surface area contributed by atoms with Crippen molar-refractivity contribution < 1.29 is 4.79 Å². The average molecular weight is 365 g/mol. The van der Waals surface area contributed by atoms with Gasteiger partial charge in [-0.15, -0.1) is 10.2 Å². The summed E-state index contributed by atoms with van der Waals surface area (Å²) in [6.45, 7) is 6.13. The van der Waals surface area contributed by atoms with Crippen LogP contribution in [0.1, 0.15) is 32.1 Å². The Labute approximate surface area is 157 Å². The number of aryl methyl sites for hydroxylation is 1. The zero-order valence-electron chi connectivity index (χ0n) is 15.6. The molecule has 27 heavy (non-hydrogen) atoms. The maximum atomic E-state index is 12.9. The normalized spacial score (nSPS) is 16.6. The van der Waals surface area contributed by atoms with Gasteiger partial charge < -0.3 is 9.47 Å². The minimum absolute atomic E-state index is 0.0721. The Hall–Kier alpha value is -3.03. The molecule has 1 atom stereocenters. The second-order valence-corrected chi connectivity index (χ2v) is 7.11. The van der Waals surface area contributed by atoms with Crippen LogP contribution < -0.4 is 0 Å². The topological polar surface area (TPSA) is 81.7 Å². The van der Waals surface area contributed by atoms with Gasteiger partial charge in [0.15, 0.2) is 11.6 Å². The fourth-order valence-corrected chi connectivity index (χ4v) is 3.57. The number of rotatable bonds is 5. The molecule has 0 unspecified atom stereocenters. The summed E-state index contributed by atoms with van der Waals surface area (Å²) in [5.41, 5.74) is 0.993. The number of fused-ring (bicyclic) bond motifs is 1. The van der Waals surface area contributed by atoms with Crippen LogP contribution >= 0.6 is 0 Å². The highest BCUT2D eigenvalue weighted by Crippen LogP contribution is 2.32. The van der Waals surface area contributed by atoms with Crippen molar-refractivity contribution in [3.8, 4) is 11.4 Å². The largest absolute Gasteiger partial charge is 0.330 e. The fraction of sp³-hybridized carbons (Fsp3) is 0.421. The van der Waals surface area contributed by atoms with Crippen molar-refractivity contribution in [1.82, 2.24) is 34.4 Å². The zero-order valence-corrected chi connectivity index (χ0v) is 15.6. The molecule has 4 rings (SSSR count). The van der Waals surface area contributed by atoms with Crippen LogP contribution in [0.5, 0.6) is 0 Å². The SMILES string of the molecule is CC(C)[C@H]1c2nc(-c3ccccc3)nn2CCN1C(=O)CCn1cnnc1. The Bertz CT molecular complexity index is 902. The van der Waals surface area contributed by atoms with E-state index in [2.05, 4.69) is 29.1 Å². The molecule has 0 saturated carbocycles. The van der Waals surface area contributed by atoms with Crippen LogP contribution in [-0.2, 0) is 17.9 Å². The molecule has 140 valence electrons. The van der Waals surface area contributed by atoms with Crippen molar-refractivity contribution in [3.05, 3.63) is 48.8 Å². The maximum absolute atomic E-state index is 12.9. The Morgan fingerprint density at radius 3 is 2.59 bits per heavy atom. The van der Waals surface area contributed by atoms with Gasteiger partial charge in [-0.25, -0.2) is 9.67 Å². The highest BCUT2D eigenvalue weighted by Gasteiger charge is 2.35. The smallest absolute Gasteiger partial charge is 0.225 e. The van der Waals surface area contributed by atoms with Crippen molar-refractivity contribution >= 4 is 5.91 Å². The van der Waals surface area contributed by atoms with E-state index in [9.17, 15) is 4.79 Å². The lowest BCUT2D eigenvalue weighted by Crippen LogP contribution is -2.44. The monoisotopic (exact) mass is 365 g/mol. The van der Waals surface area contributed by atoms with Crippen LogP contribution in [0.2, 0.25) is 0 Å². The first-order chi connectivity index (χ1) is 13.1. The van der Waals surface area contributed by atoms with E-state index in [-0.39, 0.29) is 17.9 Å². The first kappa shape index (κ1) is 17.4. The Kier molecular flexibility index (Phi) is 4.70. The average Bonchev–Trinajstić information content (AvgIpc) is 3.35. The summed E-state index contributed by atoms with van der Waals surface area (Å²) in [6.07, 6.45) is 3.68. The predicted molar refractivity (Wildman–Crippen MR) is 99.4 cm³/mol. The van der Waals surface area contributed by atoms with E-state index >= 15 is 0 Å². The Morgan fingerprint density at radius 2 is 1.89 bits per heavy atom. The van der Waals surface area contributed by atoms with Crippen molar-refractivity contribution in [2.45, 2.75) is 39.4 Å². The molecule has 1 aliphatic heterocycles. The second-order valence-electron chi connectivity index (χ2n) is 7.11. The van der Waals surface area contributed by atoms with Crippen LogP contribution in [0.15, 0.2) is 43.0 Å². The number of carbonyl (C=O) groups is 1. The number of nitrogens with zero attached hydrogens (tertiary/aromatic N) is 7. The third kappa shape index (κ3) is 3.47. The summed E-state index contributed by atoms with van der Waals surface area (Å²) in [7, 11) is 0. The van der Waals surface area contributed by atoms with Gasteiger partial charge in [0.25, 0.3) is 0 Å². The molecule has 0 saturated heterocycles. The maximum Gasteiger partial charge on any atom is 0.225 e. The molecule has 1 aromatic carbocycles. The molecule has 3 heterocycles. The summed E-state index contributed by atoms with van der Waals surface area (Å²) in [6, 6.07) is 9.89. The molecule has 8 heteroatoms. The van der Waals surface area contributed by atoms with E-state index in [1.165, 1.54) is 0 Å². The number of hydrogen-bond donors (Lipinski definition) is 0. The third-order valence-corrected chi connectivity index (χ3v) is 4.89. The number of benzene rings is 1. The van der Waals surface area contributed by atoms with Crippen molar-refractivity contribution in [3.63, 3.8) is 0 Å². The summed E-state index contributed by atoms with van der Waals surface area (Å²) in [4.78, 5) is 19.7. The van der Waals surface area contributed by atoms with Gasteiger partial charge in [0.05, 0.1) is 12.6 Å². The van der Waals surface area contributed by atoms with Gasteiger partial charge in [0.2, 0.25) is 5.91 Å². The number of aromatic nitrogens is 6. The van der Waals surface area contributed by atoms with Gasteiger partial charge in [-0.2, -0.15) is 5.10 Å². The third-order valence-electron chi connectivity index (χ3n) is 4.89. The molecule has 0 bridgehead atoms. The molecule has 0 aliphatic carbocycles. The highest BCUT2D eigenvalue weighted by atomic mass is 16.2. The van der Waals surface area contributed by atoms with Gasteiger partial charge in [-0.3, -0.25) is 4.79 Å². The minimum atomic E-state index is -0.0721. The van der Waals surface area contributed by atoms with Gasteiger partial charge in [0.1, 0.15) is 12.7 Å². The van der Waals surface area contributed by atoms with E-state index in [1.807, 2.05) is 44.5 Å². The number of carbonyl (C=O) groups excluding carboxylic acids is 1. The summed E-state index contributed by atoms with van der Waals surface area (Å²) in [5.74, 6) is 1.96. The van der Waals surface area contributed by atoms with E-state index in [1.54, 1.807) is 12.7 Å². The van der Waals surface area contributed by atoms with Crippen molar-refractivity contribution in [2.24, 2.45) is 5.92 Å². The second kappa shape index (κ2) is 7.30. The first-order valence-electron chi connectivity index (χ1n) is 9.25. The molecule has 0 fully saturated rings. The lowest BCUT2D eigenvalue weighted by molar-refractivity contribution is -0.136. The van der Waals surface area contributed by atoms with E-state index in [0.29, 0.717) is 26.1 Å². The molecule has 0 spiro atoms. The molecule has 8 nitrogen and oxygen atoms in total. The van der Waals surface area contributed by atoms with Gasteiger partial charge in [-0.1, -0.05) is 44.2 Å². The lowest BCUT2D eigenvalue weighted by Gasteiger charge is -2.37. The van der Waals surface area contributed by atoms with Crippen LogP contribution in [-0.4, -0.2) is 46.9 Å². The summed E-state index contributed by atoms with van der Waals surface area (Å²) >= 11 is 0. The molecular formula is C19H23N7O. The van der Waals surface area contributed by atoms with Gasteiger partial charge >= 0.3 is 0 Å². The molecule has 1 amide bonds. The molecule has 1 aliphatic rings. The van der Waals surface area contributed by atoms with Crippen LogP contribution in [0, 0.1) is 5.92 Å². The standard InChI is InChI=1S/C19H23N7O/c1-14(2)17-19-22-18(15-6-4-3-5-7-15)23-26(19)11-10-25(17)16(27)8-9-24-12-20-21-13-24/h3-7,12-14,17H,8-11H2,1-2H3/t17-/m0/s1. The quantitative estimate of drug-likeness (QED) is 0.692. The van der Waals surface area contributed by atoms with Crippen LogP contribution in [0.4, 0.5) is 0 Å². The molecular weight excluding hydrogens is 342 g/mol. The van der Waals surface area contributed by atoms with E-state index in [0.717, 1.165) is 17.2 Å². The van der Waals surface area contributed by atoms with Gasteiger partial charge in [0, 0.05) is 25.1 Å². The molecule has 0 radical (unpaired) electrons. The summed E-state index contributed by atoms with van der Waals surface area (Å²) in [5, 5.41) is 12.2. The van der Waals surface area contributed by atoms with Crippen molar-refractivity contribution in [1.29, 1.82) is 0 Å². The summed E-state index contributed by atoms with van der Waals surface area (Å²) < 4.78 is 3.78. The Morgan fingerprint density at radius 1 is 1.15 bits per heavy atom. The lowest BCUT2D eigenvalue weighted by atomic mass is 9.99. The van der Waals surface area contributed by atoms with Gasteiger partial charge in [-0.05, 0) is 5.92 Å². The van der Waals surface area contributed by atoms with Crippen LogP contribution in [0.3, 0.4) is 0 Å². The van der Waals surface area contributed by atoms with E-state index < -0.39 is 0 Å². The fourth-order valence-electron chi connectivity index (χ4n) is 3.57. The first-order valence-corrected chi connectivity index (χ1v) is 9.25. The van der Waals surface area contributed by atoms with E-state index in [4.69, 9.17) is 4.98 Å². The molecule has 3 aromatic rings. The minimum Gasteiger partial charge on any atom is -0.330 e. The predicted octanol–water partition coefficient (Wildman–Crippen LogP) is 2.17. The Balaban J connectivity index is 1.57.